The van der Waals surface area contributed by atoms with Gasteiger partial charge < -0.3 is 5.32 Å². The Morgan fingerprint density at radius 3 is 2.95 bits per heavy atom. The molecule has 0 bridgehead atoms. The maximum atomic E-state index is 11.7. The van der Waals surface area contributed by atoms with Crippen LogP contribution in [0.2, 0.25) is 0 Å². The number of carbonyl (C=O) groups is 1. The molecule has 1 aliphatic rings. The minimum absolute atomic E-state index is 0.0152. The van der Waals surface area contributed by atoms with E-state index in [1.54, 1.807) is 7.05 Å². The van der Waals surface area contributed by atoms with Crippen molar-refractivity contribution in [3.63, 3.8) is 0 Å². The number of amides is 1. The first kappa shape index (κ1) is 13.6. The van der Waals surface area contributed by atoms with Gasteiger partial charge >= 0.3 is 5.69 Å². The molecular formula is C13H20N4O2. The Hall–Kier alpha value is -1.85. The molecule has 1 aromatic heterocycles. The van der Waals surface area contributed by atoms with Gasteiger partial charge in [0.25, 0.3) is 0 Å². The van der Waals surface area contributed by atoms with Crippen LogP contribution in [0.4, 0.5) is 0 Å². The third kappa shape index (κ3) is 3.81. The normalized spacial score (nSPS) is 15.1. The third-order valence-corrected chi connectivity index (χ3v) is 3.33. The van der Waals surface area contributed by atoms with Crippen molar-refractivity contribution in [2.75, 3.05) is 6.54 Å². The van der Waals surface area contributed by atoms with Crippen LogP contribution in [0.15, 0.2) is 22.8 Å². The van der Waals surface area contributed by atoms with Crippen LogP contribution in [-0.2, 0) is 18.4 Å². The van der Waals surface area contributed by atoms with Crippen LogP contribution in [-0.4, -0.2) is 26.8 Å². The van der Waals surface area contributed by atoms with Gasteiger partial charge in [0.15, 0.2) is 0 Å². The van der Waals surface area contributed by atoms with E-state index in [9.17, 15) is 9.59 Å². The summed E-state index contributed by atoms with van der Waals surface area (Å²) in [7, 11) is 1.61. The minimum Gasteiger partial charge on any atom is -0.354 e. The molecule has 0 unspecified atom stereocenters. The molecule has 1 N–H and O–H groups in total. The first-order chi connectivity index (χ1) is 9.16. The fraction of sp³-hybridized carbons (Fsp3) is 0.615. The quantitative estimate of drug-likeness (QED) is 0.791. The summed E-state index contributed by atoms with van der Waals surface area (Å²) >= 11 is 0. The molecular weight excluding hydrogens is 244 g/mol. The van der Waals surface area contributed by atoms with E-state index in [1.807, 2.05) is 0 Å². The average Bonchev–Trinajstić information content (AvgIpc) is 2.72. The van der Waals surface area contributed by atoms with Crippen molar-refractivity contribution in [1.29, 1.82) is 0 Å². The molecule has 0 radical (unpaired) electrons. The molecule has 0 aliphatic heterocycles. The Balaban J connectivity index is 1.74. The van der Waals surface area contributed by atoms with Crippen LogP contribution >= 0.6 is 0 Å². The molecule has 1 aliphatic carbocycles. The summed E-state index contributed by atoms with van der Waals surface area (Å²) in [6, 6.07) is 0. The van der Waals surface area contributed by atoms with E-state index in [4.69, 9.17) is 0 Å². The van der Waals surface area contributed by atoms with E-state index in [0.717, 1.165) is 23.9 Å². The summed E-state index contributed by atoms with van der Waals surface area (Å²) in [5.41, 5.74) is 1.16. The Morgan fingerprint density at radius 1 is 1.47 bits per heavy atom. The fourth-order valence-corrected chi connectivity index (χ4v) is 2.22. The first-order valence-electron chi connectivity index (χ1n) is 6.70. The lowest BCUT2D eigenvalue weighted by atomic mass is 9.97. The molecule has 104 valence electrons. The second-order valence-electron chi connectivity index (χ2n) is 4.89. The van der Waals surface area contributed by atoms with E-state index in [1.165, 1.54) is 29.3 Å². The topological polar surface area (TPSA) is 68.9 Å². The fourth-order valence-electron chi connectivity index (χ4n) is 2.22. The van der Waals surface area contributed by atoms with Crippen molar-refractivity contribution in [2.24, 2.45) is 7.05 Å². The number of aromatic nitrogens is 3. The van der Waals surface area contributed by atoms with Crippen LogP contribution in [0.25, 0.3) is 0 Å². The number of aryl methyl sites for hydroxylation is 1. The lowest BCUT2D eigenvalue weighted by molar-refractivity contribution is -0.121. The highest BCUT2D eigenvalue weighted by atomic mass is 16.2. The summed E-state index contributed by atoms with van der Waals surface area (Å²) in [6.07, 6.45) is 9.42. The van der Waals surface area contributed by atoms with Gasteiger partial charge in [-0.05, 0) is 32.1 Å². The van der Waals surface area contributed by atoms with Crippen LogP contribution in [0.1, 0.15) is 32.1 Å². The average molecular weight is 264 g/mol. The second kappa shape index (κ2) is 6.36. The highest BCUT2D eigenvalue weighted by Crippen LogP contribution is 2.19. The van der Waals surface area contributed by atoms with Gasteiger partial charge in [0, 0.05) is 13.6 Å². The van der Waals surface area contributed by atoms with Gasteiger partial charge in [-0.2, -0.15) is 5.10 Å². The largest absolute Gasteiger partial charge is 0.354 e. The minimum atomic E-state index is -0.273. The summed E-state index contributed by atoms with van der Waals surface area (Å²) in [5, 5.41) is 6.67. The summed E-state index contributed by atoms with van der Waals surface area (Å²) in [5.74, 6) is -0.169. The third-order valence-electron chi connectivity index (χ3n) is 3.33. The summed E-state index contributed by atoms with van der Waals surface area (Å²) in [6.45, 7) is 0.616. The molecule has 1 heterocycles. The van der Waals surface area contributed by atoms with Crippen LogP contribution in [0.3, 0.4) is 0 Å². The van der Waals surface area contributed by atoms with E-state index < -0.39 is 0 Å². The molecule has 1 aromatic rings. The number of allylic oxidation sites excluding steroid dienone is 1. The Bertz CT molecular complexity index is 527. The Kier molecular flexibility index (Phi) is 4.54. The van der Waals surface area contributed by atoms with Gasteiger partial charge in [-0.25, -0.2) is 9.48 Å². The molecule has 2 rings (SSSR count). The van der Waals surface area contributed by atoms with Crippen molar-refractivity contribution < 1.29 is 4.79 Å². The number of rotatable bonds is 5. The number of hydrogen-bond acceptors (Lipinski definition) is 3. The molecule has 19 heavy (non-hydrogen) atoms. The predicted octanol–water partition coefficient (Wildman–Crippen LogP) is 0.588. The standard InChI is InChI=1S/C13H20N4O2/c1-16-10-15-17(13(16)19)9-12(18)14-8-7-11-5-3-2-4-6-11/h5,10H,2-4,6-9H2,1H3,(H,14,18). The molecule has 0 atom stereocenters. The van der Waals surface area contributed by atoms with Crippen molar-refractivity contribution in [2.45, 2.75) is 38.6 Å². The lowest BCUT2D eigenvalue weighted by Gasteiger charge is -2.12. The van der Waals surface area contributed by atoms with Crippen molar-refractivity contribution in [1.82, 2.24) is 19.7 Å². The van der Waals surface area contributed by atoms with Gasteiger partial charge in [0.2, 0.25) is 5.91 Å². The summed E-state index contributed by atoms with van der Waals surface area (Å²) in [4.78, 5) is 23.2. The highest BCUT2D eigenvalue weighted by Gasteiger charge is 2.08. The summed E-state index contributed by atoms with van der Waals surface area (Å²) < 4.78 is 2.51. The molecule has 6 heteroatoms. The van der Waals surface area contributed by atoms with E-state index in [0.29, 0.717) is 6.54 Å². The van der Waals surface area contributed by atoms with Crippen molar-refractivity contribution in [3.8, 4) is 0 Å². The number of carbonyl (C=O) groups excluding carboxylic acids is 1. The van der Waals surface area contributed by atoms with Gasteiger partial charge in [-0.1, -0.05) is 11.6 Å². The maximum absolute atomic E-state index is 11.7. The predicted molar refractivity (Wildman–Crippen MR) is 71.6 cm³/mol. The zero-order chi connectivity index (χ0) is 13.7. The van der Waals surface area contributed by atoms with Crippen LogP contribution in [0.5, 0.6) is 0 Å². The monoisotopic (exact) mass is 264 g/mol. The van der Waals surface area contributed by atoms with Gasteiger partial charge in [-0.3, -0.25) is 9.36 Å². The number of hydrogen-bond donors (Lipinski definition) is 1. The molecule has 0 spiro atoms. The Morgan fingerprint density at radius 2 is 2.32 bits per heavy atom. The van der Waals surface area contributed by atoms with Crippen molar-refractivity contribution in [3.05, 3.63) is 28.5 Å². The maximum Gasteiger partial charge on any atom is 0.345 e. The number of nitrogens with zero attached hydrogens (tertiary/aromatic N) is 3. The molecule has 0 aromatic carbocycles. The molecule has 0 saturated carbocycles. The highest BCUT2D eigenvalue weighted by molar-refractivity contribution is 5.75. The molecule has 0 saturated heterocycles. The van der Waals surface area contributed by atoms with E-state index in [-0.39, 0.29) is 18.1 Å². The second-order valence-corrected chi connectivity index (χ2v) is 4.89. The first-order valence-corrected chi connectivity index (χ1v) is 6.70. The molecule has 6 nitrogen and oxygen atoms in total. The van der Waals surface area contributed by atoms with E-state index >= 15 is 0 Å². The van der Waals surface area contributed by atoms with Gasteiger partial charge in [-0.15, -0.1) is 0 Å². The zero-order valence-electron chi connectivity index (χ0n) is 11.3. The van der Waals surface area contributed by atoms with Crippen LogP contribution in [0, 0.1) is 0 Å². The van der Waals surface area contributed by atoms with Crippen molar-refractivity contribution >= 4 is 5.91 Å². The van der Waals surface area contributed by atoms with Crippen LogP contribution < -0.4 is 11.0 Å². The van der Waals surface area contributed by atoms with Gasteiger partial charge in [0.1, 0.15) is 12.9 Å². The van der Waals surface area contributed by atoms with E-state index in [2.05, 4.69) is 16.5 Å². The zero-order valence-corrected chi connectivity index (χ0v) is 11.3. The Labute approximate surface area is 112 Å². The molecule has 0 fully saturated rings. The SMILES string of the molecule is Cn1cnn(CC(=O)NCCC2=CCCCC2)c1=O. The number of nitrogens with one attached hydrogen (secondary N) is 1. The lowest BCUT2D eigenvalue weighted by Crippen LogP contribution is -2.33. The smallest absolute Gasteiger partial charge is 0.345 e. The molecule has 1 amide bonds. The van der Waals surface area contributed by atoms with Gasteiger partial charge in [0.05, 0.1) is 0 Å².